The Morgan fingerprint density at radius 2 is 2.22 bits per heavy atom. The van der Waals surface area contributed by atoms with E-state index in [1.807, 2.05) is 11.4 Å². The molecule has 2 rings (SSSR count). The zero-order chi connectivity index (χ0) is 13.0. The molecule has 18 heavy (non-hydrogen) atoms. The van der Waals surface area contributed by atoms with Gasteiger partial charge >= 0.3 is 0 Å². The van der Waals surface area contributed by atoms with Crippen LogP contribution in [0.5, 0.6) is 5.75 Å². The third-order valence-electron chi connectivity index (χ3n) is 2.67. The Morgan fingerprint density at radius 3 is 2.83 bits per heavy atom. The molecule has 0 aliphatic carbocycles. The number of benzene rings is 1. The Hall–Kier alpha value is -1.39. The molecule has 0 spiro atoms. The summed E-state index contributed by atoms with van der Waals surface area (Å²) in [4.78, 5) is 0. The number of hydrogen-bond donors (Lipinski definition) is 1. The van der Waals surface area contributed by atoms with E-state index < -0.39 is 11.9 Å². The van der Waals surface area contributed by atoms with Crippen LogP contribution < -0.4 is 4.74 Å². The summed E-state index contributed by atoms with van der Waals surface area (Å²) in [5.41, 5.74) is 1.75. The smallest absolute Gasteiger partial charge is 0.165 e. The topological polar surface area (TPSA) is 29.5 Å². The van der Waals surface area contributed by atoms with Crippen LogP contribution in [0.2, 0.25) is 0 Å². The maximum absolute atomic E-state index is 13.6. The molecule has 0 bridgehead atoms. The van der Waals surface area contributed by atoms with E-state index in [1.165, 1.54) is 11.6 Å². The van der Waals surface area contributed by atoms with Crippen molar-refractivity contribution in [3.05, 3.63) is 52.0 Å². The van der Waals surface area contributed by atoms with Crippen LogP contribution in [0.3, 0.4) is 0 Å². The first-order valence-electron chi connectivity index (χ1n) is 5.78. The van der Waals surface area contributed by atoms with Gasteiger partial charge in [-0.1, -0.05) is 6.07 Å². The van der Waals surface area contributed by atoms with Gasteiger partial charge in [0.2, 0.25) is 0 Å². The van der Waals surface area contributed by atoms with Crippen LogP contribution in [0.25, 0.3) is 0 Å². The number of aliphatic hydroxyl groups is 1. The van der Waals surface area contributed by atoms with Crippen LogP contribution in [0.1, 0.15) is 24.2 Å². The zero-order valence-corrected chi connectivity index (χ0v) is 10.9. The van der Waals surface area contributed by atoms with Gasteiger partial charge in [-0.05, 0) is 47.0 Å². The van der Waals surface area contributed by atoms with E-state index in [2.05, 4.69) is 5.38 Å². The van der Waals surface area contributed by atoms with Crippen LogP contribution in [-0.4, -0.2) is 11.7 Å². The molecule has 0 amide bonds. The lowest BCUT2D eigenvalue weighted by Crippen LogP contribution is -2.03. The maximum atomic E-state index is 13.6. The van der Waals surface area contributed by atoms with Crippen molar-refractivity contribution < 1.29 is 14.2 Å². The molecular weight excluding hydrogens is 251 g/mol. The first-order valence-corrected chi connectivity index (χ1v) is 6.72. The highest BCUT2D eigenvalue weighted by Gasteiger charge is 2.07. The molecule has 2 nitrogen and oxygen atoms in total. The highest BCUT2D eigenvalue weighted by Crippen LogP contribution is 2.22. The Kier molecular flexibility index (Phi) is 4.33. The molecule has 1 atom stereocenters. The van der Waals surface area contributed by atoms with Gasteiger partial charge < -0.3 is 9.84 Å². The molecule has 0 aliphatic heterocycles. The molecule has 1 N–H and O–H groups in total. The summed E-state index contributed by atoms with van der Waals surface area (Å²) in [6, 6.07) is 6.57. The molecule has 1 unspecified atom stereocenters. The summed E-state index contributed by atoms with van der Waals surface area (Å²) in [6.45, 7) is 2.05. The third kappa shape index (κ3) is 3.31. The fourth-order valence-corrected chi connectivity index (χ4v) is 2.31. The minimum Gasteiger partial charge on any atom is -0.490 e. The lowest BCUT2D eigenvalue weighted by Gasteiger charge is -2.09. The summed E-state index contributed by atoms with van der Waals surface area (Å²) < 4.78 is 19.0. The van der Waals surface area contributed by atoms with Crippen molar-refractivity contribution >= 4 is 11.3 Å². The quantitative estimate of drug-likeness (QED) is 0.896. The van der Waals surface area contributed by atoms with E-state index in [1.54, 1.807) is 30.4 Å². The normalized spacial score (nSPS) is 12.4. The number of rotatable bonds is 5. The molecule has 1 aromatic heterocycles. The van der Waals surface area contributed by atoms with Crippen molar-refractivity contribution in [1.82, 2.24) is 0 Å². The number of aliphatic hydroxyl groups excluding tert-OH is 1. The second-order valence-corrected chi connectivity index (χ2v) is 4.88. The average Bonchev–Trinajstić information content (AvgIpc) is 2.84. The van der Waals surface area contributed by atoms with Gasteiger partial charge in [0.25, 0.3) is 0 Å². The van der Waals surface area contributed by atoms with Gasteiger partial charge in [0, 0.05) is 6.42 Å². The number of hydrogen-bond acceptors (Lipinski definition) is 3. The van der Waals surface area contributed by atoms with E-state index in [0.717, 1.165) is 6.42 Å². The van der Waals surface area contributed by atoms with Crippen molar-refractivity contribution in [3.8, 4) is 5.75 Å². The predicted molar refractivity (Wildman–Crippen MR) is 70.6 cm³/mol. The van der Waals surface area contributed by atoms with Gasteiger partial charge in [0.1, 0.15) is 0 Å². The third-order valence-corrected chi connectivity index (χ3v) is 3.40. The maximum Gasteiger partial charge on any atom is 0.165 e. The van der Waals surface area contributed by atoms with Crippen molar-refractivity contribution in [3.63, 3.8) is 0 Å². The van der Waals surface area contributed by atoms with Crippen LogP contribution in [0.4, 0.5) is 4.39 Å². The standard InChI is InChI=1S/C14H15FO2S/c1-10(16)12-2-3-14(13(15)8-12)17-6-4-11-5-7-18-9-11/h2-3,5,7-10,16H,4,6H2,1H3. The molecule has 0 saturated heterocycles. The van der Waals surface area contributed by atoms with Crippen LogP contribution in [0, 0.1) is 5.82 Å². The molecule has 96 valence electrons. The van der Waals surface area contributed by atoms with Gasteiger partial charge in [0.15, 0.2) is 11.6 Å². The van der Waals surface area contributed by atoms with Gasteiger partial charge in [-0.25, -0.2) is 4.39 Å². The summed E-state index contributed by atoms with van der Waals surface area (Å²) in [5.74, 6) is -0.201. The SMILES string of the molecule is CC(O)c1ccc(OCCc2ccsc2)c(F)c1. The monoisotopic (exact) mass is 266 g/mol. The molecule has 0 saturated carbocycles. The van der Waals surface area contributed by atoms with Gasteiger partial charge in [-0.2, -0.15) is 11.3 Å². The second kappa shape index (κ2) is 5.98. The molecule has 1 aromatic carbocycles. The minimum atomic E-state index is -0.667. The van der Waals surface area contributed by atoms with Crippen LogP contribution in [0.15, 0.2) is 35.0 Å². The molecule has 2 aromatic rings. The Bertz CT molecular complexity index is 495. The predicted octanol–water partition coefficient (Wildman–Crippen LogP) is 3.56. The minimum absolute atomic E-state index is 0.231. The van der Waals surface area contributed by atoms with Gasteiger partial charge in [-0.15, -0.1) is 0 Å². The van der Waals surface area contributed by atoms with E-state index in [-0.39, 0.29) is 5.75 Å². The van der Waals surface area contributed by atoms with E-state index >= 15 is 0 Å². The van der Waals surface area contributed by atoms with E-state index in [4.69, 9.17) is 4.74 Å². The summed E-state index contributed by atoms with van der Waals surface area (Å²) >= 11 is 1.64. The average molecular weight is 266 g/mol. The fraction of sp³-hybridized carbons (Fsp3) is 0.286. The molecule has 0 fully saturated rings. The lowest BCUT2D eigenvalue weighted by molar-refractivity contribution is 0.198. The fourth-order valence-electron chi connectivity index (χ4n) is 1.61. The van der Waals surface area contributed by atoms with Crippen LogP contribution in [-0.2, 0) is 6.42 Å². The number of halogens is 1. The van der Waals surface area contributed by atoms with Crippen LogP contribution >= 0.6 is 11.3 Å². The van der Waals surface area contributed by atoms with Crippen molar-refractivity contribution in [1.29, 1.82) is 0 Å². The Balaban J connectivity index is 1.93. The van der Waals surface area contributed by atoms with E-state index in [9.17, 15) is 9.50 Å². The van der Waals surface area contributed by atoms with Gasteiger partial charge in [-0.3, -0.25) is 0 Å². The summed E-state index contributed by atoms with van der Waals surface area (Å²) in [5, 5.41) is 13.4. The molecule has 1 heterocycles. The molecule has 4 heteroatoms. The number of thiophene rings is 1. The molecule has 0 aliphatic rings. The first kappa shape index (κ1) is 13.1. The lowest BCUT2D eigenvalue weighted by atomic mass is 10.1. The van der Waals surface area contributed by atoms with Gasteiger partial charge in [0.05, 0.1) is 12.7 Å². The first-order chi connectivity index (χ1) is 8.66. The van der Waals surface area contributed by atoms with E-state index in [0.29, 0.717) is 12.2 Å². The highest BCUT2D eigenvalue weighted by atomic mass is 32.1. The largest absolute Gasteiger partial charge is 0.490 e. The van der Waals surface area contributed by atoms with Crippen molar-refractivity contribution in [2.24, 2.45) is 0 Å². The molecular formula is C14H15FO2S. The Labute approximate surface area is 110 Å². The Morgan fingerprint density at radius 1 is 1.39 bits per heavy atom. The zero-order valence-electron chi connectivity index (χ0n) is 10.1. The highest BCUT2D eigenvalue weighted by molar-refractivity contribution is 7.07. The number of ether oxygens (including phenoxy) is 1. The summed E-state index contributed by atoms with van der Waals surface area (Å²) in [7, 11) is 0. The second-order valence-electron chi connectivity index (χ2n) is 4.10. The summed E-state index contributed by atoms with van der Waals surface area (Å²) in [6.07, 6.45) is 0.0977. The van der Waals surface area contributed by atoms with Crippen molar-refractivity contribution in [2.45, 2.75) is 19.4 Å². The van der Waals surface area contributed by atoms with Crippen molar-refractivity contribution in [2.75, 3.05) is 6.61 Å². The molecule has 0 radical (unpaired) electrons.